The second-order valence-electron chi connectivity index (χ2n) is 18.1. The first-order chi connectivity index (χ1) is 37.5. The third kappa shape index (κ3) is 25.3. The molecule has 0 radical (unpaired) electrons. The van der Waals surface area contributed by atoms with Crippen molar-refractivity contribution >= 4 is 79.9 Å². The van der Waals surface area contributed by atoms with Gasteiger partial charge < -0.3 is 63.7 Å². The van der Waals surface area contributed by atoms with Gasteiger partial charge in [0.1, 0.15) is 0 Å². The molecule has 0 saturated carbocycles. The molecule has 21 heteroatoms. The van der Waals surface area contributed by atoms with E-state index in [-0.39, 0.29) is 28.9 Å². The standard InChI is InChI=1S/C25H30B2N4O3.C15H13ClO.C10H18B2N4O2.C7H10N2/c1-26(33)30-25(31-27(2)34)28-18-20-12-9-15-22(16-20)29-24(32)23(21-13-7-4-8-14-21)17-19-10-5-3-6-11-19;16-15(17)14(13-9-5-2-6-10-13)11-12-7-3-1-4-8-12;1-11(17)15-10(16-12(2)18)14-7-8-4-3-5-9(13)6-8;8-5-6-2-1-3-7(9)4-6/h3-16,23,33-34H,17-18H2,1-2H3,(H,29,32)(H2,28,30,31);1-10,14H,11H2;3-6,17-18H,7,13H2,1-2H3,(H2,14,15,16);1-4H,5,8-9H2. The van der Waals surface area contributed by atoms with E-state index >= 15 is 0 Å². The lowest BCUT2D eigenvalue weighted by atomic mass is 9.88. The van der Waals surface area contributed by atoms with E-state index < -0.39 is 28.2 Å². The van der Waals surface area contributed by atoms with Crippen LogP contribution in [-0.4, -0.2) is 71.4 Å². The predicted molar refractivity (Wildman–Crippen MR) is 324 cm³/mol. The maximum Gasteiger partial charge on any atom is 0.431 e. The van der Waals surface area contributed by atoms with Gasteiger partial charge in [-0.05, 0) is 127 Å². The maximum absolute atomic E-state index is 13.3. The largest absolute Gasteiger partial charge is 0.433 e. The molecule has 0 aliphatic rings. The number of benzene rings is 7. The number of rotatable bonds is 18. The molecule has 7 aromatic carbocycles. The zero-order valence-corrected chi connectivity index (χ0v) is 45.3. The smallest absolute Gasteiger partial charge is 0.431 e. The number of nitrogens with two attached hydrogens (primary N) is 3. The highest BCUT2D eigenvalue weighted by molar-refractivity contribution is 6.64. The second kappa shape index (κ2) is 34.8. The SMILES string of the molecule is CB(O)N=C(NCc1cccc(N)c1)NB(C)O.CB(O)N=C(NCc1cccc(NC(=O)C(Cc2ccccc2)c2ccccc2)c1)NB(C)O.NCc1cccc(N)c1.O=C(Cl)C(Cc1ccccc1)c1ccccc1. The van der Waals surface area contributed by atoms with Crippen LogP contribution >= 0.6 is 11.6 Å². The lowest BCUT2D eigenvalue weighted by Gasteiger charge is -2.18. The number of nitrogen functional groups attached to an aromatic ring is 2. The molecule has 1 amide bonds. The van der Waals surface area contributed by atoms with Gasteiger partial charge in [0.15, 0.2) is 11.9 Å². The third-order valence-corrected chi connectivity index (χ3v) is 11.4. The highest BCUT2D eigenvalue weighted by Gasteiger charge is 2.22. The minimum Gasteiger partial charge on any atom is -0.433 e. The number of nitrogens with one attached hydrogen (secondary N) is 5. The normalized spacial score (nSPS) is 11.5. The van der Waals surface area contributed by atoms with Gasteiger partial charge in [-0.2, -0.15) is 0 Å². The number of carbonyl (C=O) groups is 2. The van der Waals surface area contributed by atoms with Crippen LogP contribution in [0.5, 0.6) is 0 Å². The van der Waals surface area contributed by atoms with Crippen molar-refractivity contribution < 1.29 is 29.7 Å². The van der Waals surface area contributed by atoms with Crippen LogP contribution in [0.2, 0.25) is 27.3 Å². The average Bonchev–Trinajstić information content (AvgIpc) is 3.42. The van der Waals surface area contributed by atoms with Crippen LogP contribution in [-0.2, 0) is 42.1 Å². The van der Waals surface area contributed by atoms with Crippen molar-refractivity contribution in [2.75, 3.05) is 16.8 Å². The second-order valence-corrected chi connectivity index (χ2v) is 18.4. The number of halogens is 1. The fourth-order valence-corrected chi connectivity index (χ4v) is 7.78. The molecule has 2 unspecified atom stereocenters. The van der Waals surface area contributed by atoms with Crippen molar-refractivity contribution in [3.63, 3.8) is 0 Å². The summed E-state index contributed by atoms with van der Waals surface area (Å²) in [6, 6.07) is 61.9. The van der Waals surface area contributed by atoms with Crippen LogP contribution in [0.1, 0.15) is 50.8 Å². The van der Waals surface area contributed by atoms with E-state index in [9.17, 15) is 29.7 Å². The highest BCUT2D eigenvalue weighted by Crippen LogP contribution is 2.25. The maximum atomic E-state index is 13.3. The van der Waals surface area contributed by atoms with Gasteiger partial charge in [-0.15, -0.1) is 0 Å². The Morgan fingerprint density at radius 2 is 0.872 bits per heavy atom. The van der Waals surface area contributed by atoms with Gasteiger partial charge in [0.2, 0.25) is 11.1 Å². The Kier molecular flexibility index (Phi) is 27.9. The van der Waals surface area contributed by atoms with E-state index in [1.807, 2.05) is 194 Å². The van der Waals surface area contributed by atoms with Gasteiger partial charge in [0, 0.05) is 36.7 Å². The summed E-state index contributed by atoms with van der Waals surface area (Å²) >= 11 is 5.69. The van der Waals surface area contributed by atoms with Crippen molar-refractivity contribution in [3.05, 3.63) is 233 Å². The fraction of sp³-hybridized carbons (Fsp3) is 0.193. The number of carbonyl (C=O) groups excluding carboxylic acids is 2. The van der Waals surface area contributed by atoms with Gasteiger partial charge in [0.05, 0.1) is 11.8 Å². The first kappa shape index (κ1) is 62.7. The van der Waals surface area contributed by atoms with Crippen molar-refractivity contribution in [1.29, 1.82) is 0 Å². The van der Waals surface area contributed by atoms with Crippen LogP contribution in [0.15, 0.2) is 204 Å². The third-order valence-electron chi connectivity index (χ3n) is 11.1. The lowest BCUT2D eigenvalue weighted by Crippen LogP contribution is -2.45. The molecule has 0 aliphatic heterocycles. The molecule has 0 heterocycles. The number of anilines is 3. The number of amides is 1. The van der Waals surface area contributed by atoms with Gasteiger partial charge >= 0.3 is 28.2 Å². The predicted octanol–water partition coefficient (Wildman–Crippen LogP) is 6.94. The first-order valence-corrected chi connectivity index (χ1v) is 25.9. The molecule has 7 aromatic rings. The number of guanidine groups is 2. The van der Waals surface area contributed by atoms with E-state index in [1.54, 1.807) is 13.6 Å². The Labute approximate surface area is 465 Å². The quantitative estimate of drug-likeness (QED) is 0.0137. The van der Waals surface area contributed by atoms with Crippen molar-refractivity contribution in [3.8, 4) is 0 Å². The molecular formula is C57H71B4ClN10O6. The number of nitrogens with zero attached hydrogens (tertiary/aromatic N) is 2. The molecule has 0 fully saturated rings. The summed E-state index contributed by atoms with van der Waals surface area (Å²) in [6.07, 6.45) is 1.25. The summed E-state index contributed by atoms with van der Waals surface area (Å²) in [5.41, 5.74) is 25.8. The van der Waals surface area contributed by atoms with Crippen LogP contribution < -0.4 is 43.6 Å². The molecule has 0 saturated heterocycles. The Hall–Kier alpha value is -7.83. The van der Waals surface area contributed by atoms with E-state index in [0.717, 1.165) is 44.6 Å². The zero-order valence-electron chi connectivity index (χ0n) is 44.6. The minimum atomic E-state index is -0.918. The first-order valence-electron chi connectivity index (χ1n) is 25.5. The van der Waals surface area contributed by atoms with Crippen molar-refractivity contribution in [2.45, 2.75) is 71.6 Å². The van der Waals surface area contributed by atoms with E-state index in [0.29, 0.717) is 49.8 Å². The zero-order chi connectivity index (χ0) is 56.7. The van der Waals surface area contributed by atoms with Crippen LogP contribution in [0.4, 0.5) is 17.1 Å². The van der Waals surface area contributed by atoms with Gasteiger partial charge in [-0.25, -0.2) is 0 Å². The van der Waals surface area contributed by atoms with E-state index in [4.69, 9.17) is 28.8 Å². The summed E-state index contributed by atoms with van der Waals surface area (Å²) < 4.78 is 0. The molecule has 15 N–H and O–H groups in total. The van der Waals surface area contributed by atoms with Gasteiger partial charge in [-0.3, -0.25) is 19.4 Å². The van der Waals surface area contributed by atoms with Crippen LogP contribution in [0.25, 0.3) is 0 Å². The van der Waals surface area contributed by atoms with Crippen LogP contribution in [0.3, 0.4) is 0 Å². The molecule has 16 nitrogen and oxygen atoms in total. The lowest BCUT2D eigenvalue weighted by molar-refractivity contribution is -0.117. The number of hydrogen-bond acceptors (Lipinski definition) is 11. The molecule has 0 aliphatic carbocycles. The minimum absolute atomic E-state index is 0.0766. The molecule has 78 heavy (non-hydrogen) atoms. The van der Waals surface area contributed by atoms with Gasteiger partial charge in [-0.1, -0.05) is 158 Å². The highest BCUT2D eigenvalue weighted by atomic mass is 35.5. The molecule has 2 atom stereocenters. The van der Waals surface area contributed by atoms with Crippen molar-refractivity contribution in [2.24, 2.45) is 15.5 Å². The average molecular weight is 1070 g/mol. The summed E-state index contributed by atoms with van der Waals surface area (Å²) in [5, 5.41) is 51.8. The summed E-state index contributed by atoms with van der Waals surface area (Å²) in [6.45, 7) is 7.64. The number of hydrogen-bond donors (Lipinski definition) is 12. The van der Waals surface area contributed by atoms with E-state index in [1.165, 1.54) is 13.6 Å². The summed E-state index contributed by atoms with van der Waals surface area (Å²) in [7, 11) is -3.34. The molecular weight excluding hydrogens is 999 g/mol. The molecule has 0 aromatic heterocycles. The fourth-order valence-electron chi connectivity index (χ4n) is 7.58. The van der Waals surface area contributed by atoms with Crippen molar-refractivity contribution in [1.82, 2.24) is 21.1 Å². The molecule has 7 rings (SSSR count). The Bertz CT molecular complexity index is 2900. The molecule has 404 valence electrons. The Balaban J connectivity index is 0.000000250. The van der Waals surface area contributed by atoms with E-state index in [2.05, 4.69) is 36.2 Å². The Morgan fingerprint density at radius 3 is 1.27 bits per heavy atom. The molecule has 0 bridgehead atoms. The Morgan fingerprint density at radius 1 is 0.500 bits per heavy atom. The summed E-state index contributed by atoms with van der Waals surface area (Å²) in [5.74, 6) is -0.0492. The van der Waals surface area contributed by atoms with Crippen LogP contribution in [0, 0.1) is 0 Å². The summed E-state index contributed by atoms with van der Waals surface area (Å²) in [4.78, 5) is 32.8. The molecule has 0 spiro atoms. The van der Waals surface area contributed by atoms with Gasteiger partial charge in [0.25, 0.3) is 0 Å². The monoisotopic (exact) mass is 1070 g/mol. The topological polar surface area (TPSA) is 278 Å².